The van der Waals surface area contributed by atoms with E-state index in [-0.39, 0.29) is 5.91 Å². The number of amides is 1. The topological polar surface area (TPSA) is 41.1 Å². The summed E-state index contributed by atoms with van der Waals surface area (Å²) in [4.78, 5) is 11.9. The highest BCUT2D eigenvalue weighted by Crippen LogP contribution is 2.12. The Kier molecular flexibility index (Phi) is 10.6. The third kappa shape index (κ3) is 9.13. The van der Waals surface area contributed by atoms with Gasteiger partial charge in [0.1, 0.15) is 0 Å². The van der Waals surface area contributed by atoms with Crippen LogP contribution < -0.4 is 10.6 Å². The number of carbonyl (C=O) groups is 1. The summed E-state index contributed by atoms with van der Waals surface area (Å²) >= 11 is 0. The first-order valence-corrected chi connectivity index (χ1v) is 9.24. The summed E-state index contributed by atoms with van der Waals surface area (Å²) in [5.41, 5.74) is 0. The van der Waals surface area contributed by atoms with Crippen LogP contribution in [0.15, 0.2) is 0 Å². The molecule has 21 heavy (non-hydrogen) atoms. The van der Waals surface area contributed by atoms with E-state index < -0.39 is 0 Å². The lowest BCUT2D eigenvalue weighted by atomic mass is 9.95. The Morgan fingerprint density at radius 1 is 1.05 bits per heavy atom. The fraction of sp³-hybridized carbons (Fsp3) is 0.944. The predicted octanol–water partition coefficient (Wildman–Crippen LogP) is 4.02. The zero-order valence-corrected chi connectivity index (χ0v) is 14.3. The Bertz CT molecular complexity index is 268. The van der Waals surface area contributed by atoms with Crippen LogP contribution in [0.4, 0.5) is 0 Å². The van der Waals surface area contributed by atoms with Gasteiger partial charge in [-0.05, 0) is 31.8 Å². The second-order valence-corrected chi connectivity index (χ2v) is 6.72. The van der Waals surface area contributed by atoms with Gasteiger partial charge in [0, 0.05) is 12.5 Å². The van der Waals surface area contributed by atoms with Crippen LogP contribution in [0.1, 0.15) is 84.5 Å². The van der Waals surface area contributed by atoms with Crippen LogP contribution in [0.5, 0.6) is 0 Å². The number of carbonyl (C=O) groups excluding carboxylic acids is 1. The smallest absolute Gasteiger partial charge is 0.220 e. The first kappa shape index (κ1) is 18.5. The first-order valence-electron chi connectivity index (χ1n) is 9.24. The van der Waals surface area contributed by atoms with Crippen molar-refractivity contribution in [1.29, 1.82) is 0 Å². The minimum atomic E-state index is 0.261. The molecule has 0 aromatic rings. The van der Waals surface area contributed by atoms with E-state index in [1.54, 1.807) is 0 Å². The standard InChI is InChI=1S/C18H36N2O/c1-3-4-5-6-7-8-9-10-11-12-18(21)20-17-13-14-19-15-16(17)2/h16-17,19H,3-15H2,1-2H3,(H,20,21). The molecular weight excluding hydrogens is 260 g/mol. The van der Waals surface area contributed by atoms with Gasteiger partial charge in [0.15, 0.2) is 0 Å². The van der Waals surface area contributed by atoms with Crippen molar-refractivity contribution in [2.75, 3.05) is 13.1 Å². The Morgan fingerprint density at radius 2 is 1.67 bits per heavy atom. The molecule has 1 aliphatic rings. The Labute approximate surface area is 131 Å². The van der Waals surface area contributed by atoms with Crippen LogP contribution in [0.3, 0.4) is 0 Å². The van der Waals surface area contributed by atoms with Crippen molar-refractivity contribution in [1.82, 2.24) is 10.6 Å². The van der Waals surface area contributed by atoms with E-state index in [0.717, 1.165) is 25.9 Å². The maximum atomic E-state index is 11.9. The highest BCUT2D eigenvalue weighted by Gasteiger charge is 2.22. The fourth-order valence-electron chi connectivity index (χ4n) is 3.10. The van der Waals surface area contributed by atoms with Crippen LogP contribution in [0, 0.1) is 5.92 Å². The molecule has 1 amide bonds. The van der Waals surface area contributed by atoms with Gasteiger partial charge in [0.25, 0.3) is 0 Å². The maximum absolute atomic E-state index is 11.9. The molecule has 0 spiro atoms. The molecule has 0 aliphatic carbocycles. The number of hydrogen-bond donors (Lipinski definition) is 2. The Balaban J connectivity index is 1.91. The highest BCUT2D eigenvalue weighted by molar-refractivity contribution is 5.76. The van der Waals surface area contributed by atoms with Crippen molar-refractivity contribution in [2.24, 2.45) is 5.92 Å². The largest absolute Gasteiger partial charge is 0.353 e. The van der Waals surface area contributed by atoms with Crippen molar-refractivity contribution < 1.29 is 4.79 Å². The third-order valence-electron chi connectivity index (χ3n) is 4.64. The molecule has 2 unspecified atom stereocenters. The van der Waals surface area contributed by atoms with Crippen LogP contribution >= 0.6 is 0 Å². The molecule has 1 fully saturated rings. The van der Waals surface area contributed by atoms with Crippen molar-refractivity contribution in [3.63, 3.8) is 0 Å². The highest BCUT2D eigenvalue weighted by atomic mass is 16.1. The average molecular weight is 296 g/mol. The van der Waals surface area contributed by atoms with Crippen LogP contribution in [0.25, 0.3) is 0 Å². The van der Waals surface area contributed by atoms with E-state index >= 15 is 0 Å². The van der Waals surface area contributed by atoms with Gasteiger partial charge in [0.05, 0.1) is 0 Å². The van der Waals surface area contributed by atoms with E-state index in [2.05, 4.69) is 24.5 Å². The van der Waals surface area contributed by atoms with Crippen LogP contribution in [-0.2, 0) is 4.79 Å². The minimum absolute atomic E-state index is 0.261. The lowest BCUT2D eigenvalue weighted by Gasteiger charge is -2.30. The van der Waals surface area contributed by atoms with Crippen LogP contribution in [-0.4, -0.2) is 25.0 Å². The van der Waals surface area contributed by atoms with Crippen molar-refractivity contribution in [2.45, 2.75) is 90.5 Å². The molecule has 1 aliphatic heterocycles. The summed E-state index contributed by atoms with van der Waals surface area (Å²) in [7, 11) is 0. The molecule has 0 bridgehead atoms. The summed E-state index contributed by atoms with van der Waals surface area (Å²) in [5.74, 6) is 0.822. The number of hydrogen-bond acceptors (Lipinski definition) is 2. The van der Waals surface area contributed by atoms with Crippen molar-refractivity contribution in [3.05, 3.63) is 0 Å². The van der Waals surface area contributed by atoms with Crippen molar-refractivity contribution >= 4 is 5.91 Å². The van der Waals surface area contributed by atoms with E-state index in [4.69, 9.17) is 0 Å². The fourth-order valence-corrected chi connectivity index (χ4v) is 3.10. The maximum Gasteiger partial charge on any atom is 0.220 e. The normalized spacial score (nSPS) is 22.2. The predicted molar refractivity (Wildman–Crippen MR) is 90.4 cm³/mol. The Morgan fingerprint density at radius 3 is 2.29 bits per heavy atom. The second kappa shape index (κ2) is 12.0. The van der Waals surface area contributed by atoms with E-state index in [0.29, 0.717) is 18.4 Å². The molecule has 124 valence electrons. The van der Waals surface area contributed by atoms with Crippen LogP contribution in [0.2, 0.25) is 0 Å². The van der Waals surface area contributed by atoms with Gasteiger partial charge in [-0.15, -0.1) is 0 Å². The number of rotatable bonds is 11. The quantitative estimate of drug-likeness (QED) is 0.565. The SMILES string of the molecule is CCCCCCCCCCCC(=O)NC1CCNCC1C. The number of nitrogens with one attached hydrogen (secondary N) is 2. The molecule has 3 heteroatoms. The molecule has 2 N–H and O–H groups in total. The van der Waals surface area contributed by atoms with Crippen molar-refractivity contribution in [3.8, 4) is 0 Å². The molecule has 2 atom stereocenters. The molecule has 3 nitrogen and oxygen atoms in total. The van der Waals surface area contributed by atoms with Gasteiger partial charge in [-0.1, -0.05) is 65.2 Å². The van der Waals surface area contributed by atoms with E-state index in [1.807, 2.05) is 0 Å². The molecule has 0 saturated carbocycles. The summed E-state index contributed by atoms with van der Waals surface area (Å²) in [6.07, 6.45) is 13.6. The number of piperidine rings is 1. The average Bonchev–Trinajstić information content (AvgIpc) is 2.48. The zero-order valence-electron chi connectivity index (χ0n) is 14.3. The van der Waals surface area contributed by atoms with Gasteiger partial charge in [-0.25, -0.2) is 0 Å². The molecule has 0 aromatic heterocycles. The molecule has 1 rings (SSSR count). The van der Waals surface area contributed by atoms with E-state index in [1.165, 1.54) is 51.4 Å². The summed E-state index contributed by atoms with van der Waals surface area (Å²) in [6, 6.07) is 0.386. The lowest BCUT2D eigenvalue weighted by Crippen LogP contribution is -2.48. The second-order valence-electron chi connectivity index (χ2n) is 6.72. The summed E-state index contributed by atoms with van der Waals surface area (Å²) in [6.45, 7) is 6.54. The molecule has 0 aromatic carbocycles. The van der Waals surface area contributed by atoms with Gasteiger partial charge in [-0.2, -0.15) is 0 Å². The molecule has 0 radical (unpaired) electrons. The molecule has 1 heterocycles. The van der Waals surface area contributed by atoms with Gasteiger partial charge < -0.3 is 10.6 Å². The molecule has 1 saturated heterocycles. The van der Waals surface area contributed by atoms with Gasteiger partial charge >= 0.3 is 0 Å². The molecular formula is C18H36N2O. The monoisotopic (exact) mass is 296 g/mol. The first-order chi connectivity index (χ1) is 10.2. The van der Waals surface area contributed by atoms with E-state index in [9.17, 15) is 4.79 Å². The third-order valence-corrected chi connectivity index (χ3v) is 4.64. The summed E-state index contributed by atoms with van der Waals surface area (Å²) < 4.78 is 0. The minimum Gasteiger partial charge on any atom is -0.353 e. The van der Waals surface area contributed by atoms with Gasteiger partial charge in [0.2, 0.25) is 5.91 Å². The summed E-state index contributed by atoms with van der Waals surface area (Å²) in [5, 5.41) is 6.59. The Hall–Kier alpha value is -0.570. The van der Waals surface area contributed by atoms with Gasteiger partial charge in [-0.3, -0.25) is 4.79 Å². The number of unbranched alkanes of at least 4 members (excludes halogenated alkanes) is 8. The lowest BCUT2D eigenvalue weighted by molar-refractivity contribution is -0.122. The zero-order chi connectivity index (χ0) is 15.3.